The average molecular weight is 549 g/mol. The third-order valence-corrected chi connectivity index (χ3v) is 8.99. The highest BCUT2D eigenvalue weighted by atomic mass is 32.1. The summed E-state index contributed by atoms with van der Waals surface area (Å²) in [6.45, 7) is 1.01. The molecule has 0 bridgehead atoms. The Bertz CT molecular complexity index is 1650. The van der Waals surface area contributed by atoms with Gasteiger partial charge in [0.2, 0.25) is 0 Å². The Morgan fingerprint density at radius 2 is 1.15 bits per heavy atom. The second-order valence-electron chi connectivity index (χ2n) is 10.2. The van der Waals surface area contributed by atoms with E-state index >= 15 is 0 Å². The lowest BCUT2D eigenvalue weighted by molar-refractivity contribution is 0.0912. The predicted octanol–water partition coefficient (Wildman–Crippen LogP) is 5.39. The number of hydrogen-bond acceptors (Lipinski definition) is 7. The van der Waals surface area contributed by atoms with E-state index in [-0.39, 0.29) is 11.8 Å². The summed E-state index contributed by atoms with van der Waals surface area (Å²) in [5.41, 5.74) is 2.80. The van der Waals surface area contributed by atoms with Gasteiger partial charge in [0.05, 0.1) is 38.5 Å². The Balaban J connectivity index is 1.23. The number of carbonyl (C=O) groups excluding carboxylic acids is 4. The highest BCUT2D eigenvalue weighted by molar-refractivity contribution is 7.10. The molecule has 4 heterocycles. The van der Waals surface area contributed by atoms with Crippen LogP contribution in [0.3, 0.4) is 0 Å². The normalized spacial score (nSPS) is 20.7. The second kappa shape index (κ2) is 8.37. The fourth-order valence-electron chi connectivity index (χ4n) is 5.93. The molecule has 196 valence electrons. The summed E-state index contributed by atoms with van der Waals surface area (Å²) >= 11 is 1.59. The number of amides is 4. The quantitative estimate of drug-likeness (QED) is 0.318. The molecule has 3 aromatic carbocycles. The van der Waals surface area contributed by atoms with Gasteiger partial charge in [0.15, 0.2) is 11.5 Å². The lowest BCUT2D eigenvalue weighted by atomic mass is 10.0. The van der Waals surface area contributed by atoms with Gasteiger partial charge in [-0.05, 0) is 60.4 Å². The lowest BCUT2D eigenvalue weighted by Crippen LogP contribution is -2.32. The summed E-state index contributed by atoms with van der Waals surface area (Å²) in [7, 11) is 0. The van der Waals surface area contributed by atoms with Gasteiger partial charge in [0.25, 0.3) is 23.6 Å². The number of benzene rings is 3. The van der Waals surface area contributed by atoms with Crippen molar-refractivity contribution in [1.82, 2.24) is 0 Å². The van der Waals surface area contributed by atoms with Crippen LogP contribution in [0.15, 0.2) is 72.1 Å². The van der Waals surface area contributed by atoms with Crippen molar-refractivity contribution in [3.05, 3.63) is 105 Å². The van der Waals surface area contributed by atoms with Crippen LogP contribution in [0.2, 0.25) is 0 Å². The van der Waals surface area contributed by atoms with Crippen molar-refractivity contribution in [3.8, 4) is 11.5 Å². The van der Waals surface area contributed by atoms with E-state index in [9.17, 15) is 19.2 Å². The van der Waals surface area contributed by atoms with Crippen molar-refractivity contribution in [1.29, 1.82) is 0 Å². The predicted molar refractivity (Wildman–Crippen MR) is 147 cm³/mol. The second-order valence-corrected chi connectivity index (χ2v) is 11.1. The van der Waals surface area contributed by atoms with Crippen LogP contribution in [-0.4, -0.2) is 36.8 Å². The van der Waals surface area contributed by atoms with E-state index < -0.39 is 23.6 Å². The molecule has 4 aliphatic rings. The third kappa shape index (κ3) is 3.24. The molecule has 8 nitrogen and oxygen atoms in total. The molecule has 1 aromatic heterocycles. The molecular formula is C31H20N2O6S. The molecule has 0 spiro atoms. The van der Waals surface area contributed by atoms with Gasteiger partial charge in [-0.3, -0.25) is 19.2 Å². The number of imide groups is 2. The monoisotopic (exact) mass is 548 g/mol. The van der Waals surface area contributed by atoms with Crippen LogP contribution >= 0.6 is 11.3 Å². The maximum atomic E-state index is 13.4. The summed E-state index contributed by atoms with van der Waals surface area (Å²) in [5, 5.41) is 1.96. The molecule has 2 unspecified atom stereocenters. The van der Waals surface area contributed by atoms with Crippen molar-refractivity contribution in [2.24, 2.45) is 0 Å². The van der Waals surface area contributed by atoms with Gasteiger partial charge in [-0.25, -0.2) is 9.80 Å². The third-order valence-electron chi connectivity index (χ3n) is 7.91. The van der Waals surface area contributed by atoms with Gasteiger partial charge in [-0.1, -0.05) is 24.3 Å². The van der Waals surface area contributed by atoms with Crippen LogP contribution < -0.4 is 19.3 Å². The van der Waals surface area contributed by atoms with Crippen LogP contribution in [0.4, 0.5) is 11.4 Å². The maximum absolute atomic E-state index is 13.4. The first-order valence-electron chi connectivity index (χ1n) is 13.0. The van der Waals surface area contributed by atoms with E-state index in [2.05, 4.69) is 0 Å². The van der Waals surface area contributed by atoms with Crippen molar-refractivity contribution < 1.29 is 28.7 Å². The van der Waals surface area contributed by atoms with E-state index in [1.54, 1.807) is 65.9 Å². The Labute approximate surface area is 232 Å². The first kappa shape index (κ1) is 23.2. The zero-order chi connectivity index (χ0) is 27.1. The van der Waals surface area contributed by atoms with Crippen LogP contribution in [0, 0.1) is 0 Å². The van der Waals surface area contributed by atoms with Gasteiger partial charge >= 0.3 is 0 Å². The summed E-state index contributed by atoms with van der Waals surface area (Å²) in [4.78, 5) is 56.9. The van der Waals surface area contributed by atoms with Gasteiger partial charge in [-0.2, -0.15) is 0 Å². The van der Waals surface area contributed by atoms with Crippen molar-refractivity contribution >= 4 is 46.3 Å². The van der Waals surface area contributed by atoms with E-state index in [1.165, 1.54) is 0 Å². The SMILES string of the molecule is O=C1c2ccccc2C(=O)N1c1cc(C2CC2c2scc3c2OCCO3)cc(N2C(=O)c3ccccc3C2=O)c1. The smallest absolute Gasteiger partial charge is 0.266 e. The largest absolute Gasteiger partial charge is 0.485 e. The number of rotatable bonds is 4. The number of anilines is 2. The molecule has 4 aromatic rings. The average Bonchev–Trinajstić information content (AvgIpc) is 3.50. The number of carbonyl (C=O) groups is 4. The van der Waals surface area contributed by atoms with Gasteiger partial charge < -0.3 is 9.47 Å². The highest BCUT2D eigenvalue weighted by Crippen LogP contribution is 2.61. The van der Waals surface area contributed by atoms with Gasteiger partial charge in [-0.15, -0.1) is 11.3 Å². The molecule has 9 heteroatoms. The Morgan fingerprint density at radius 1 is 0.650 bits per heavy atom. The van der Waals surface area contributed by atoms with Crippen LogP contribution in [-0.2, 0) is 0 Å². The number of nitrogens with zero attached hydrogens (tertiary/aromatic N) is 2. The lowest BCUT2D eigenvalue weighted by Gasteiger charge is -2.21. The zero-order valence-corrected chi connectivity index (χ0v) is 21.8. The molecule has 3 aliphatic heterocycles. The first-order valence-corrected chi connectivity index (χ1v) is 13.9. The van der Waals surface area contributed by atoms with Gasteiger partial charge in [0.1, 0.15) is 13.2 Å². The molecule has 2 atom stereocenters. The molecule has 8 rings (SSSR count). The zero-order valence-electron chi connectivity index (χ0n) is 21.0. The maximum Gasteiger partial charge on any atom is 0.266 e. The number of ether oxygens (including phenoxy) is 2. The van der Waals surface area contributed by atoms with E-state index in [0.29, 0.717) is 46.8 Å². The van der Waals surface area contributed by atoms with Crippen molar-refractivity contribution in [2.45, 2.75) is 18.3 Å². The minimum Gasteiger partial charge on any atom is -0.485 e. The Kier molecular flexibility index (Phi) is 4.84. The highest BCUT2D eigenvalue weighted by Gasteiger charge is 2.46. The Hall–Kier alpha value is -4.76. The van der Waals surface area contributed by atoms with E-state index in [0.717, 1.165) is 38.2 Å². The standard InChI is InChI=1S/C31H20N2O6S/c34-28-19-5-1-2-6-20(19)29(35)32(28)17-11-16(23-14-24(23)27-26-25(15-40-27)38-9-10-39-26)12-18(13-17)33-30(36)21-7-3-4-8-22(21)31(33)37/h1-8,11-13,15,23-24H,9-10,14H2. The molecular weight excluding hydrogens is 528 g/mol. The van der Waals surface area contributed by atoms with Crippen LogP contribution in [0.1, 0.15) is 70.1 Å². The fourth-order valence-corrected chi connectivity index (χ4v) is 7.04. The molecule has 4 amide bonds. The molecule has 1 saturated carbocycles. The molecule has 40 heavy (non-hydrogen) atoms. The molecule has 1 aliphatic carbocycles. The minimum atomic E-state index is -0.434. The molecule has 0 saturated heterocycles. The van der Waals surface area contributed by atoms with E-state index in [1.807, 2.05) is 17.5 Å². The van der Waals surface area contributed by atoms with Crippen molar-refractivity contribution in [2.75, 3.05) is 23.0 Å². The van der Waals surface area contributed by atoms with Crippen LogP contribution in [0.25, 0.3) is 0 Å². The minimum absolute atomic E-state index is 0.0531. The Morgan fingerprint density at radius 3 is 1.68 bits per heavy atom. The molecule has 1 fully saturated rings. The van der Waals surface area contributed by atoms with Crippen molar-refractivity contribution in [3.63, 3.8) is 0 Å². The van der Waals surface area contributed by atoms with E-state index in [4.69, 9.17) is 9.47 Å². The summed E-state index contributed by atoms with van der Waals surface area (Å²) in [5.74, 6) is 0.00425. The van der Waals surface area contributed by atoms with Gasteiger partial charge in [0, 0.05) is 11.3 Å². The summed E-state index contributed by atoms with van der Waals surface area (Å²) < 4.78 is 11.6. The van der Waals surface area contributed by atoms with Crippen LogP contribution in [0.5, 0.6) is 11.5 Å². The number of fused-ring (bicyclic) bond motifs is 3. The number of thiophene rings is 1. The number of hydrogen-bond donors (Lipinski definition) is 0. The summed E-state index contributed by atoms with van der Waals surface area (Å²) in [6.07, 6.45) is 0.823. The topological polar surface area (TPSA) is 93.2 Å². The molecule has 0 radical (unpaired) electrons. The fraction of sp³-hybridized carbons (Fsp3) is 0.161. The first-order chi connectivity index (χ1) is 19.5. The summed E-state index contributed by atoms with van der Waals surface area (Å²) in [6, 6.07) is 18.6. The molecule has 0 N–H and O–H groups in total.